The summed E-state index contributed by atoms with van der Waals surface area (Å²) in [5.41, 5.74) is 2.93. The molecule has 2 amide bonds. The number of hydrogen-bond donors (Lipinski definition) is 1. The van der Waals surface area contributed by atoms with Crippen LogP contribution in [0.25, 0.3) is 0 Å². The molecule has 4 heteroatoms. The van der Waals surface area contributed by atoms with Crippen LogP contribution in [0.3, 0.4) is 0 Å². The first-order chi connectivity index (χ1) is 12.2. The number of benzene rings is 3. The molecule has 3 nitrogen and oxygen atoms in total. The molecule has 0 fully saturated rings. The van der Waals surface area contributed by atoms with Gasteiger partial charge in [0.25, 0.3) is 0 Å². The summed E-state index contributed by atoms with van der Waals surface area (Å²) < 4.78 is 0. The van der Waals surface area contributed by atoms with Crippen molar-refractivity contribution in [3.8, 4) is 0 Å². The number of amides is 2. The minimum atomic E-state index is -0.114. The lowest BCUT2D eigenvalue weighted by molar-refractivity contribution is 0.245. The van der Waals surface area contributed by atoms with Gasteiger partial charge in [-0.3, -0.25) is 4.90 Å². The van der Waals surface area contributed by atoms with Gasteiger partial charge in [-0.2, -0.15) is 0 Å². The molecule has 124 valence electrons. The summed E-state index contributed by atoms with van der Waals surface area (Å²) in [6.07, 6.45) is 0. The topological polar surface area (TPSA) is 32.3 Å². The van der Waals surface area contributed by atoms with Crippen LogP contribution in [0.2, 0.25) is 0 Å². The summed E-state index contributed by atoms with van der Waals surface area (Å²) in [7, 11) is 0. The van der Waals surface area contributed by atoms with Crippen LogP contribution in [0.4, 0.5) is 16.2 Å². The summed E-state index contributed by atoms with van der Waals surface area (Å²) in [4.78, 5) is 17.1. The van der Waals surface area contributed by atoms with Gasteiger partial charge in [-0.25, -0.2) is 4.79 Å². The van der Waals surface area contributed by atoms with Gasteiger partial charge in [0.1, 0.15) is 0 Å². The largest absolute Gasteiger partial charge is 0.331 e. The fraction of sp³-hybridized carbons (Fsp3) is 0.0952. The molecule has 1 aliphatic heterocycles. The Morgan fingerprint density at radius 3 is 1.96 bits per heavy atom. The average molecular weight is 346 g/mol. The van der Waals surface area contributed by atoms with E-state index in [0.29, 0.717) is 0 Å². The number of carbonyl (C=O) groups is 1. The van der Waals surface area contributed by atoms with Crippen LogP contribution < -0.4 is 10.2 Å². The number of fused-ring (bicyclic) bond motifs is 2. The van der Waals surface area contributed by atoms with Gasteiger partial charge in [-0.15, -0.1) is 0 Å². The molecule has 0 radical (unpaired) electrons. The highest BCUT2D eigenvalue weighted by molar-refractivity contribution is 7.99. The molecule has 0 saturated heterocycles. The molecule has 0 aliphatic carbocycles. The molecule has 1 aliphatic rings. The van der Waals surface area contributed by atoms with Crippen molar-refractivity contribution < 1.29 is 4.79 Å². The highest BCUT2D eigenvalue weighted by Crippen LogP contribution is 2.47. The van der Waals surface area contributed by atoms with Crippen LogP contribution in [0.5, 0.6) is 0 Å². The molecule has 0 aromatic heterocycles. The van der Waals surface area contributed by atoms with Crippen molar-refractivity contribution in [3.05, 3.63) is 84.4 Å². The zero-order valence-corrected chi connectivity index (χ0v) is 14.7. The molecule has 1 N–H and O–H groups in total. The Labute approximate surface area is 151 Å². The number of nitrogens with one attached hydrogen (secondary N) is 1. The van der Waals surface area contributed by atoms with Crippen molar-refractivity contribution in [3.63, 3.8) is 0 Å². The normalized spacial score (nSPS) is 13.6. The Kier molecular flexibility index (Phi) is 4.20. The van der Waals surface area contributed by atoms with E-state index in [1.165, 1.54) is 0 Å². The van der Waals surface area contributed by atoms with Crippen LogP contribution in [-0.2, 0) is 0 Å². The summed E-state index contributed by atoms with van der Waals surface area (Å²) in [5, 5.41) is 3.13. The second-order valence-corrected chi connectivity index (χ2v) is 7.04. The number of rotatable bonds is 2. The maximum absolute atomic E-state index is 13.1. The second kappa shape index (κ2) is 6.65. The molecular formula is C21H18N2OS. The van der Waals surface area contributed by atoms with Gasteiger partial charge < -0.3 is 5.32 Å². The molecule has 0 spiro atoms. The summed E-state index contributed by atoms with van der Waals surface area (Å²) in [6, 6.07) is 25.8. The van der Waals surface area contributed by atoms with Gasteiger partial charge in [-0.1, -0.05) is 66.4 Å². The lowest BCUT2D eigenvalue weighted by atomic mass is 10.1. The fourth-order valence-electron chi connectivity index (χ4n) is 3.00. The highest BCUT2D eigenvalue weighted by Gasteiger charge is 2.28. The third kappa shape index (κ3) is 3.01. The van der Waals surface area contributed by atoms with Gasteiger partial charge in [0.15, 0.2) is 0 Å². The van der Waals surface area contributed by atoms with Crippen LogP contribution in [-0.4, -0.2) is 6.03 Å². The van der Waals surface area contributed by atoms with E-state index < -0.39 is 0 Å². The SMILES string of the molecule is CC(NC(=O)N1c2ccccc2Sc2ccccc21)c1ccccc1. The first-order valence-corrected chi connectivity index (χ1v) is 9.07. The van der Waals surface area contributed by atoms with Crippen molar-refractivity contribution in [2.45, 2.75) is 22.8 Å². The van der Waals surface area contributed by atoms with Crippen molar-refractivity contribution in [2.24, 2.45) is 0 Å². The molecule has 0 saturated carbocycles. The smallest absolute Gasteiger partial charge is 0.327 e. The maximum Gasteiger partial charge on any atom is 0.327 e. The summed E-state index contributed by atoms with van der Waals surface area (Å²) in [6.45, 7) is 2.00. The van der Waals surface area contributed by atoms with E-state index in [1.54, 1.807) is 16.7 Å². The predicted molar refractivity (Wildman–Crippen MR) is 103 cm³/mol. The molecular weight excluding hydrogens is 328 g/mol. The monoisotopic (exact) mass is 346 g/mol. The molecule has 0 bridgehead atoms. The van der Waals surface area contributed by atoms with Crippen molar-refractivity contribution in [2.75, 3.05) is 4.90 Å². The van der Waals surface area contributed by atoms with E-state index >= 15 is 0 Å². The second-order valence-electron chi connectivity index (χ2n) is 5.95. The lowest BCUT2D eigenvalue weighted by Crippen LogP contribution is -2.39. The zero-order valence-electron chi connectivity index (χ0n) is 13.8. The van der Waals surface area contributed by atoms with Crippen molar-refractivity contribution in [1.82, 2.24) is 5.32 Å². The van der Waals surface area contributed by atoms with Crippen LogP contribution in [0.15, 0.2) is 88.7 Å². The fourth-order valence-corrected chi connectivity index (χ4v) is 4.06. The third-order valence-electron chi connectivity index (χ3n) is 4.27. The maximum atomic E-state index is 13.1. The summed E-state index contributed by atoms with van der Waals surface area (Å²) in [5.74, 6) is 0. The third-order valence-corrected chi connectivity index (χ3v) is 5.41. The number of carbonyl (C=O) groups excluding carboxylic acids is 1. The number of nitrogens with zero attached hydrogens (tertiary/aromatic N) is 1. The standard InChI is InChI=1S/C21H18N2OS/c1-15(16-9-3-2-4-10-16)22-21(24)23-17-11-5-7-13-19(17)25-20-14-8-6-12-18(20)23/h2-15H,1H3,(H,22,24). The van der Waals surface area contributed by atoms with E-state index in [2.05, 4.69) is 17.4 Å². The minimum absolute atomic E-state index is 0.0670. The number of para-hydroxylation sites is 2. The molecule has 3 aromatic rings. The van der Waals surface area contributed by atoms with Crippen molar-refractivity contribution >= 4 is 29.2 Å². The lowest BCUT2D eigenvalue weighted by Gasteiger charge is -2.32. The molecule has 1 unspecified atom stereocenters. The Morgan fingerprint density at radius 2 is 1.36 bits per heavy atom. The first-order valence-electron chi connectivity index (χ1n) is 8.25. The summed E-state index contributed by atoms with van der Waals surface area (Å²) >= 11 is 1.70. The van der Waals surface area contributed by atoms with E-state index in [9.17, 15) is 4.79 Å². The molecule has 25 heavy (non-hydrogen) atoms. The number of hydrogen-bond acceptors (Lipinski definition) is 2. The molecule has 1 atom stereocenters. The Balaban J connectivity index is 1.68. The van der Waals surface area contributed by atoms with Gasteiger partial charge in [-0.05, 0) is 36.8 Å². The Hall–Kier alpha value is -2.72. The first kappa shape index (κ1) is 15.8. The van der Waals surface area contributed by atoms with E-state index in [-0.39, 0.29) is 12.1 Å². The zero-order chi connectivity index (χ0) is 17.2. The van der Waals surface area contributed by atoms with E-state index in [4.69, 9.17) is 0 Å². The van der Waals surface area contributed by atoms with E-state index in [0.717, 1.165) is 26.7 Å². The van der Waals surface area contributed by atoms with E-state index in [1.807, 2.05) is 73.7 Å². The van der Waals surface area contributed by atoms with Crippen molar-refractivity contribution in [1.29, 1.82) is 0 Å². The van der Waals surface area contributed by atoms with Crippen LogP contribution >= 0.6 is 11.8 Å². The van der Waals surface area contributed by atoms with Crippen LogP contribution in [0.1, 0.15) is 18.5 Å². The minimum Gasteiger partial charge on any atom is -0.331 e. The highest BCUT2D eigenvalue weighted by atomic mass is 32.2. The number of urea groups is 1. The molecule has 4 rings (SSSR count). The van der Waals surface area contributed by atoms with Gasteiger partial charge in [0.05, 0.1) is 17.4 Å². The van der Waals surface area contributed by atoms with Crippen LogP contribution in [0, 0.1) is 0 Å². The Bertz CT molecular complexity index is 865. The molecule has 3 aromatic carbocycles. The molecule has 1 heterocycles. The van der Waals surface area contributed by atoms with Gasteiger partial charge in [0, 0.05) is 9.79 Å². The van der Waals surface area contributed by atoms with Gasteiger partial charge >= 0.3 is 6.03 Å². The average Bonchev–Trinajstić information content (AvgIpc) is 2.66. The van der Waals surface area contributed by atoms with Gasteiger partial charge in [0.2, 0.25) is 0 Å². The quantitative estimate of drug-likeness (QED) is 0.640. The Morgan fingerprint density at radius 1 is 0.840 bits per heavy atom. The predicted octanol–water partition coefficient (Wildman–Crippen LogP) is 5.76. The number of anilines is 2.